The Hall–Kier alpha value is -2.05. The fourth-order valence-electron chi connectivity index (χ4n) is 2.96. The predicted molar refractivity (Wildman–Crippen MR) is 111 cm³/mol. The van der Waals surface area contributed by atoms with E-state index in [-0.39, 0.29) is 5.91 Å². The number of aryl methyl sites for hydroxylation is 2. The van der Waals surface area contributed by atoms with Gasteiger partial charge in [0.15, 0.2) is 0 Å². The Balaban J connectivity index is 2.31. The van der Waals surface area contributed by atoms with Crippen molar-refractivity contribution in [3.63, 3.8) is 0 Å². The molecule has 5 nitrogen and oxygen atoms in total. The monoisotopic (exact) mass is 408 g/mol. The summed E-state index contributed by atoms with van der Waals surface area (Å²) in [5.74, 6) is -0.291. The lowest BCUT2D eigenvalue weighted by molar-refractivity contribution is -0.131. The summed E-state index contributed by atoms with van der Waals surface area (Å²) in [7, 11) is -2.02. The van der Waals surface area contributed by atoms with Crippen LogP contribution in [0.15, 0.2) is 42.5 Å². The van der Waals surface area contributed by atoms with Gasteiger partial charge in [0.2, 0.25) is 15.9 Å². The van der Waals surface area contributed by atoms with Crippen molar-refractivity contribution in [2.75, 3.05) is 17.6 Å². The highest BCUT2D eigenvalue weighted by Crippen LogP contribution is 2.28. The van der Waals surface area contributed by atoms with E-state index in [1.165, 1.54) is 4.90 Å². The number of rotatable bonds is 6. The Kier molecular flexibility index (Phi) is 6.54. The summed E-state index contributed by atoms with van der Waals surface area (Å²) < 4.78 is 26.1. The standard InChI is InChI=1S/C20H25ClN2O3S/c1-14-6-9-17(10-7-14)13-22(4)20(24)16(3)23(27(5,25)26)19-12-18(21)11-8-15(19)2/h6-12,16H,13H2,1-5H3. The summed E-state index contributed by atoms with van der Waals surface area (Å²) >= 11 is 6.06. The second kappa shape index (κ2) is 8.31. The van der Waals surface area contributed by atoms with Gasteiger partial charge in [-0.05, 0) is 44.0 Å². The van der Waals surface area contributed by atoms with Gasteiger partial charge < -0.3 is 4.90 Å². The smallest absolute Gasteiger partial charge is 0.246 e. The number of carbonyl (C=O) groups excluding carboxylic acids is 1. The van der Waals surface area contributed by atoms with Crippen LogP contribution in [0.5, 0.6) is 0 Å². The minimum absolute atomic E-state index is 0.291. The quantitative estimate of drug-likeness (QED) is 0.731. The van der Waals surface area contributed by atoms with Crippen LogP contribution < -0.4 is 4.31 Å². The average molecular weight is 409 g/mol. The normalized spacial score (nSPS) is 12.5. The third-order valence-electron chi connectivity index (χ3n) is 4.39. The first-order valence-corrected chi connectivity index (χ1v) is 10.8. The third-order valence-corrected chi connectivity index (χ3v) is 5.85. The van der Waals surface area contributed by atoms with Crippen LogP contribution >= 0.6 is 11.6 Å². The number of amides is 1. The lowest BCUT2D eigenvalue weighted by atomic mass is 10.1. The molecule has 1 unspecified atom stereocenters. The molecule has 1 atom stereocenters. The molecule has 27 heavy (non-hydrogen) atoms. The topological polar surface area (TPSA) is 57.7 Å². The van der Waals surface area contributed by atoms with E-state index in [0.717, 1.165) is 27.3 Å². The molecule has 0 aromatic heterocycles. The van der Waals surface area contributed by atoms with Crippen molar-refractivity contribution in [2.24, 2.45) is 0 Å². The number of hydrogen-bond donors (Lipinski definition) is 0. The second-order valence-electron chi connectivity index (χ2n) is 6.85. The molecule has 7 heteroatoms. The Morgan fingerprint density at radius 1 is 1.11 bits per heavy atom. The molecule has 2 aromatic carbocycles. The molecule has 0 fully saturated rings. The van der Waals surface area contributed by atoms with Gasteiger partial charge in [-0.2, -0.15) is 0 Å². The molecule has 0 spiro atoms. The lowest BCUT2D eigenvalue weighted by Crippen LogP contribution is -2.48. The van der Waals surface area contributed by atoms with Crippen LogP contribution in [0.1, 0.15) is 23.6 Å². The van der Waals surface area contributed by atoms with Gasteiger partial charge in [-0.3, -0.25) is 9.10 Å². The van der Waals surface area contributed by atoms with Crippen molar-refractivity contribution in [2.45, 2.75) is 33.4 Å². The summed E-state index contributed by atoms with van der Waals surface area (Å²) in [4.78, 5) is 14.5. The molecule has 0 saturated heterocycles. The highest BCUT2D eigenvalue weighted by molar-refractivity contribution is 7.92. The van der Waals surface area contributed by atoms with Crippen molar-refractivity contribution in [3.05, 3.63) is 64.2 Å². The van der Waals surface area contributed by atoms with Crippen molar-refractivity contribution >= 4 is 33.2 Å². The Bertz CT molecular complexity index is 927. The van der Waals surface area contributed by atoms with Crippen LogP contribution in [0.25, 0.3) is 0 Å². The molecule has 0 saturated carbocycles. The van der Waals surface area contributed by atoms with Gasteiger partial charge in [0.1, 0.15) is 6.04 Å². The number of carbonyl (C=O) groups is 1. The SMILES string of the molecule is Cc1ccc(CN(C)C(=O)C(C)N(c2cc(Cl)ccc2C)S(C)(=O)=O)cc1. The van der Waals surface area contributed by atoms with Gasteiger partial charge in [-0.1, -0.05) is 47.5 Å². The van der Waals surface area contributed by atoms with Crippen LogP contribution in [-0.2, 0) is 21.4 Å². The first-order chi connectivity index (χ1) is 12.5. The number of anilines is 1. The zero-order valence-corrected chi connectivity index (χ0v) is 17.8. The maximum Gasteiger partial charge on any atom is 0.246 e. The lowest BCUT2D eigenvalue weighted by Gasteiger charge is -2.32. The molecular weight excluding hydrogens is 384 g/mol. The molecule has 0 aliphatic carbocycles. The molecule has 0 radical (unpaired) electrons. The fourth-order valence-corrected chi connectivity index (χ4v) is 4.34. The van der Waals surface area contributed by atoms with Gasteiger partial charge >= 0.3 is 0 Å². The molecule has 2 rings (SSSR count). The summed E-state index contributed by atoms with van der Waals surface area (Å²) in [6.07, 6.45) is 1.09. The van der Waals surface area contributed by atoms with Crippen molar-refractivity contribution in [3.8, 4) is 0 Å². The Morgan fingerprint density at radius 2 is 1.70 bits per heavy atom. The van der Waals surface area contributed by atoms with Gasteiger partial charge in [-0.25, -0.2) is 8.42 Å². The van der Waals surface area contributed by atoms with Gasteiger partial charge in [0.05, 0.1) is 11.9 Å². The average Bonchev–Trinajstić information content (AvgIpc) is 2.58. The van der Waals surface area contributed by atoms with Crippen molar-refractivity contribution in [1.29, 1.82) is 0 Å². The predicted octanol–water partition coefficient (Wildman–Crippen LogP) is 3.77. The minimum atomic E-state index is -3.69. The van der Waals surface area contributed by atoms with E-state index in [4.69, 9.17) is 11.6 Å². The maximum absolute atomic E-state index is 13.0. The van der Waals surface area contributed by atoms with E-state index in [0.29, 0.717) is 17.3 Å². The number of halogens is 1. The van der Waals surface area contributed by atoms with Gasteiger partial charge in [-0.15, -0.1) is 0 Å². The van der Waals surface area contributed by atoms with E-state index in [1.54, 1.807) is 39.1 Å². The largest absolute Gasteiger partial charge is 0.340 e. The van der Waals surface area contributed by atoms with E-state index in [2.05, 4.69) is 0 Å². The van der Waals surface area contributed by atoms with E-state index < -0.39 is 16.1 Å². The van der Waals surface area contributed by atoms with E-state index >= 15 is 0 Å². The second-order valence-corrected chi connectivity index (χ2v) is 9.14. The van der Waals surface area contributed by atoms with Crippen LogP contribution in [-0.4, -0.2) is 38.6 Å². The molecule has 0 N–H and O–H groups in total. The zero-order chi connectivity index (χ0) is 20.4. The van der Waals surface area contributed by atoms with E-state index in [1.807, 2.05) is 31.2 Å². The Morgan fingerprint density at radius 3 is 2.26 bits per heavy atom. The van der Waals surface area contributed by atoms with Crippen LogP contribution in [0.3, 0.4) is 0 Å². The highest BCUT2D eigenvalue weighted by Gasteiger charge is 2.32. The van der Waals surface area contributed by atoms with Crippen LogP contribution in [0.2, 0.25) is 5.02 Å². The molecule has 0 heterocycles. The van der Waals surface area contributed by atoms with Crippen molar-refractivity contribution in [1.82, 2.24) is 4.90 Å². The number of likely N-dealkylation sites (N-methyl/N-ethyl adjacent to an activating group) is 1. The molecule has 0 bridgehead atoms. The minimum Gasteiger partial charge on any atom is -0.340 e. The molecular formula is C20H25ClN2O3S. The van der Waals surface area contributed by atoms with Gasteiger partial charge in [0.25, 0.3) is 0 Å². The van der Waals surface area contributed by atoms with Crippen LogP contribution in [0.4, 0.5) is 5.69 Å². The molecule has 146 valence electrons. The fraction of sp³-hybridized carbons (Fsp3) is 0.350. The molecule has 0 aliphatic rings. The first-order valence-electron chi connectivity index (χ1n) is 8.57. The van der Waals surface area contributed by atoms with Crippen molar-refractivity contribution < 1.29 is 13.2 Å². The number of benzene rings is 2. The summed E-state index contributed by atoms with van der Waals surface area (Å²) in [5, 5.41) is 0.414. The first kappa shape index (κ1) is 21.3. The number of hydrogen-bond acceptors (Lipinski definition) is 3. The molecule has 1 amide bonds. The molecule has 2 aromatic rings. The maximum atomic E-state index is 13.0. The Labute approximate surface area is 166 Å². The highest BCUT2D eigenvalue weighted by atomic mass is 35.5. The number of nitrogens with zero attached hydrogens (tertiary/aromatic N) is 2. The summed E-state index contributed by atoms with van der Waals surface area (Å²) in [6, 6.07) is 12.0. The van der Waals surface area contributed by atoms with Crippen LogP contribution in [0, 0.1) is 13.8 Å². The number of sulfonamides is 1. The summed E-state index contributed by atoms with van der Waals surface area (Å²) in [5.41, 5.74) is 3.26. The van der Waals surface area contributed by atoms with E-state index in [9.17, 15) is 13.2 Å². The summed E-state index contributed by atoms with van der Waals surface area (Å²) in [6.45, 7) is 5.78. The molecule has 0 aliphatic heterocycles. The third kappa shape index (κ3) is 5.23. The zero-order valence-electron chi connectivity index (χ0n) is 16.2. The van der Waals surface area contributed by atoms with Gasteiger partial charge in [0, 0.05) is 18.6 Å².